The summed E-state index contributed by atoms with van der Waals surface area (Å²) in [5.74, 6) is 0.837. The van der Waals surface area contributed by atoms with Gasteiger partial charge in [-0.05, 0) is 78.7 Å². The Labute approximate surface area is 176 Å². The van der Waals surface area contributed by atoms with Crippen LogP contribution in [-0.2, 0) is 9.53 Å². The molecule has 3 heterocycles. The second-order valence-electron chi connectivity index (χ2n) is 9.01. The maximum absolute atomic E-state index is 12.2. The lowest BCUT2D eigenvalue weighted by Crippen LogP contribution is -2.62. The van der Waals surface area contributed by atoms with Crippen molar-refractivity contribution in [1.29, 1.82) is 0 Å². The van der Waals surface area contributed by atoms with Crippen molar-refractivity contribution in [2.45, 2.75) is 57.4 Å². The fourth-order valence-electron chi connectivity index (χ4n) is 5.21. The van der Waals surface area contributed by atoms with Crippen molar-refractivity contribution in [1.82, 2.24) is 20.0 Å². The van der Waals surface area contributed by atoms with Gasteiger partial charge in [0.15, 0.2) is 5.96 Å². The number of ether oxygens (including phenoxy) is 1. The Morgan fingerprint density at radius 3 is 2.48 bits per heavy atom. The first-order chi connectivity index (χ1) is 14.1. The number of hydrogen-bond donors (Lipinski definition) is 1. The van der Waals surface area contributed by atoms with Crippen molar-refractivity contribution in [3.05, 3.63) is 0 Å². The van der Waals surface area contributed by atoms with E-state index in [9.17, 15) is 4.79 Å². The molecule has 7 nitrogen and oxygen atoms in total. The van der Waals surface area contributed by atoms with E-state index in [-0.39, 0.29) is 17.4 Å². The molecule has 3 aliphatic rings. The highest BCUT2D eigenvalue weighted by molar-refractivity contribution is 5.81. The Morgan fingerprint density at radius 1 is 1.10 bits per heavy atom. The smallest absolute Gasteiger partial charge is 0.310 e. The summed E-state index contributed by atoms with van der Waals surface area (Å²) in [5.41, 5.74) is 0.221. The average Bonchev–Trinajstić information content (AvgIpc) is 2.77. The highest BCUT2D eigenvalue weighted by Gasteiger charge is 2.40. The van der Waals surface area contributed by atoms with E-state index in [2.05, 4.69) is 32.1 Å². The van der Waals surface area contributed by atoms with E-state index in [1.54, 1.807) is 0 Å². The number of hydrogen-bond acceptors (Lipinski definition) is 5. The van der Waals surface area contributed by atoms with Gasteiger partial charge in [0.05, 0.1) is 12.5 Å². The predicted molar refractivity (Wildman–Crippen MR) is 117 cm³/mol. The van der Waals surface area contributed by atoms with Crippen molar-refractivity contribution in [3.8, 4) is 0 Å². The van der Waals surface area contributed by atoms with Gasteiger partial charge in [-0.3, -0.25) is 14.7 Å². The van der Waals surface area contributed by atoms with Gasteiger partial charge in [0.2, 0.25) is 0 Å². The minimum Gasteiger partial charge on any atom is -0.466 e. The van der Waals surface area contributed by atoms with Crippen LogP contribution in [-0.4, -0.2) is 98.7 Å². The fraction of sp³-hybridized carbons (Fsp3) is 0.909. The first kappa shape index (κ1) is 22.3. The summed E-state index contributed by atoms with van der Waals surface area (Å²) in [5, 5.41) is 3.72. The van der Waals surface area contributed by atoms with Crippen molar-refractivity contribution in [2.24, 2.45) is 10.9 Å². The van der Waals surface area contributed by atoms with Crippen LogP contribution in [0.4, 0.5) is 0 Å². The molecular formula is C22H41N5O2. The van der Waals surface area contributed by atoms with Gasteiger partial charge in [-0.2, -0.15) is 0 Å². The second kappa shape index (κ2) is 10.6. The van der Waals surface area contributed by atoms with Crippen molar-refractivity contribution < 1.29 is 9.53 Å². The third-order valence-corrected chi connectivity index (χ3v) is 7.07. The molecule has 0 spiro atoms. The van der Waals surface area contributed by atoms with Crippen molar-refractivity contribution in [2.75, 3.05) is 66.5 Å². The topological polar surface area (TPSA) is 60.4 Å². The van der Waals surface area contributed by atoms with E-state index >= 15 is 0 Å². The summed E-state index contributed by atoms with van der Waals surface area (Å²) in [7, 11) is 4.09. The molecule has 3 aliphatic heterocycles. The van der Waals surface area contributed by atoms with Crippen LogP contribution in [0.1, 0.15) is 51.9 Å². The molecule has 0 amide bonds. The summed E-state index contributed by atoms with van der Waals surface area (Å²) in [6, 6.07) is 0. The van der Waals surface area contributed by atoms with Crippen molar-refractivity contribution >= 4 is 11.9 Å². The number of esters is 1. The quantitative estimate of drug-likeness (QED) is 0.426. The number of likely N-dealkylation sites (tertiary alicyclic amines) is 3. The first-order valence-corrected chi connectivity index (χ1v) is 11.6. The maximum atomic E-state index is 12.2. The van der Waals surface area contributed by atoms with Gasteiger partial charge in [0, 0.05) is 32.2 Å². The van der Waals surface area contributed by atoms with Crippen LogP contribution in [0.15, 0.2) is 4.99 Å². The zero-order valence-electron chi connectivity index (χ0n) is 18.8. The molecule has 1 N–H and O–H groups in total. The number of nitrogens with zero attached hydrogens (tertiary/aromatic N) is 4. The molecule has 0 aromatic rings. The van der Waals surface area contributed by atoms with Crippen LogP contribution >= 0.6 is 0 Å². The van der Waals surface area contributed by atoms with E-state index < -0.39 is 0 Å². The molecule has 3 rings (SSSR count). The normalized spacial score (nSPS) is 26.9. The summed E-state index contributed by atoms with van der Waals surface area (Å²) in [4.78, 5) is 24.3. The van der Waals surface area contributed by atoms with Crippen LogP contribution in [0.5, 0.6) is 0 Å². The Bertz CT molecular complexity index is 553. The molecule has 0 aromatic heterocycles. The Hall–Kier alpha value is -1.34. The maximum Gasteiger partial charge on any atom is 0.310 e. The molecule has 0 aliphatic carbocycles. The van der Waals surface area contributed by atoms with Crippen molar-refractivity contribution in [3.63, 3.8) is 0 Å². The Morgan fingerprint density at radius 2 is 1.83 bits per heavy atom. The highest BCUT2D eigenvalue weighted by Crippen LogP contribution is 2.31. The fourth-order valence-corrected chi connectivity index (χ4v) is 5.21. The highest BCUT2D eigenvalue weighted by atomic mass is 16.5. The number of nitrogens with one attached hydrogen (secondary N) is 1. The number of piperidine rings is 3. The van der Waals surface area contributed by atoms with Crippen LogP contribution in [0.25, 0.3) is 0 Å². The standard InChI is InChI=1S/C22H41N5O2/c1-4-29-20(28)19-9-8-12-26(17-19)21(23-2)24-18-22(10-15-25(3)16-11-22)27-13-6-5-7-14-27/h19H,4-18H2,1-3H3,(H,23,24). The van der Waals surface area contributed by atoms with E-state index in [1.807, 2.05) is 14.0 Å². The minimum absolute atomic E-state index is 0.0402. The monoisotopic (exact) mass is 407 g/mol. The molecule has 0 radical (unpaired) electrons. The van der Waals surface area contributed by atoms with Gasteiger partial charge in [-0.25, -0.2) is 0 Å². The van der Waals surface area contributed by atoms with Gasteiger partial charge < -0.3 is 19.9 Å². The summed E-state index contributed by atoms with van der Waals surface area (Å²) in [6.07, 6.45) is 8.34. The Kier molecular flexibility index (Phi) is 8.18. The predicted octanol–water partition coefficient (Wildman–Crippen LogP) is 1.79. The number of aliphatic imine (C=N–C) groups is 1. The van der Waals surface area contributed by atoms with E-state index in [0.29, 0.717) is 13.2 Å². The molecular weight excluding hydrogens is 366 g/mol. The summed E-state index contributed by atoms with van der Waals surface area (Å²) < 4.78 is 5.27. The summed E-state index contributed by atoms with van der Waals surface area (Å²) >= 11 is 0. The van der Waals surface area contributed by atoms with E-state index in [0.717, 1.165) is 45.0 Å². The SMILES string of the molecule is CCOC(=O)C1CCCN(C(=NC)NCC2(N3CCCCC3)CCN(C)CC2)C1. The molecule has 7 heteroatoms. The zero-order valence-corrected chi connectivity index (χ0v) is 18.8. The largest absolute Gasteiger partial charge is 0.466 e. The second-order valence-corrected chi connectivity index (χ2v) is 9.01. The lowest BCUT2D eigenvalue weighted by molar-refractivity contribution is -0.149. The molecule has 29 heavy (non-hydrogen) atoms. The molecule has 3 fully saturated rings. The number of rotatable bonds is 5. The number of carbonyl (C=O) groups is 1. The van der Waals surface area contributed by atoms with Crippen LogP contribution < -0.4 is 5.32 Å². The molecule has 1 atom stereocenters. The summed E-state index contributed by atoms with van der Waals surface area (Å²) in [6.45, 7) is 9.69. The van der Waals surface area contributed by atoms with E-state index in [4.69, 9.17) is 4.74 Å². The minimum atomic E-state index is -0.0623. The van der Waals surface area contributed by atoms with Crippen LogP contribution in [0.3, 0.4) is 0 Å². The van der Waals surface area contributed by atoms with Gasteiger partial charge >= 0.3 is 5.97 Å². The van der Waals surface area contributed by atoms with Gasteiger partial charge in [-0.1, -0.05) is 6.42 Å². The third kappa shape index (κ3) is 5.63. The first-order valence-electron chi connectivity index (χ1n) is 11.6. The zero-order chi connectivity index (χ0) is 20.7. The Balaban J connectivity index is 1.63. The molecule has 1 unspecified atom stereocenters. The molecule has 0 bridgehead atoms. The number of guanidine groups is 1. The van der Waals surface area contributed by atoms with Crippen LogP contribution in [0, 0.1) is 5.92 Å². The number of carbonyl (C=O) groups excluding carboxylic acids is 1. The molecule has 166 valence electrons. The average molecular weight is 408 g/mol. The molecule has 0 saturated carbocycles. The third-order valence-electron chi connectivity index (χ3n) is 7.07. The lowest BCUT2D eigenvalue weighted by Gasteiger charge is -2.50. The lowest BCUT2D eigenvalue weighted by atomic mass is 9.84. The van der Waals surface area contributed by atoms with E-state index in [1.165, 1.54) is 45.2 Å². The van der Waals surface area contributed by atoms with Crippen LogP contribution in [0.2, 0.25) is 0 Å². The van der Waals surface area contributed by atoms with Gasteiger partial charge in [0.25, 0.3) is 0 Å². The molecule has 3 saturated heterocycles. The van der Waals surface area contributed by atoms with Gasteiger partial charge in [-0.15, -0.1) is 0 Å². The molecule has 0 aromatic carbocycles. The van der Waals surface area contributed by atoms with Gasteiger partial charge in [0.1, 0.15) is 0 Å².